The van der Waals surface area contributed by atoms with Gasteiger partial charge in [-0.25, -0.2) is 0 Å². The molecule has 80 valence electrons. The van der Waals surface area contributed by atoms with Crippen molar-refractivity contribution in [3.05, 3.63) is 37.0 Å². The molecular weight excluding hydrogens is 168 g/mol. The molecule has 14 heavy (non-hydrogen) atoms. The van der Waals surface area contributed by atoms with Crippen LogP contribution >= 0.6 is 0 Å². The van der Waals surface area contributed by atoms with Gasteiger partial charge in [0.2, 0.25) is 0 Å². The van der Waals surface area contributed by atoms with Crippen molar-refractivity contribution in [3.63, 3.8) is 0 Å². The van der Waals surface area contributed by atoms with Gasteiger partial charge in [0.15, 0.2) is 0 Å². The highest BCUT2D eigenvalue weighted by molar-refractivity contribution is 4.89. The van der Waals surface area contributed by atoms with Gasteiger partial charge in [-0.15, -0.1) is 6.58 Å². The second-order valence-corrected chi connectivity index (χ2v) is 3.54. The van der Waals surface area contributed by atoms with Crippen molar-refractivity contribution in [2.75, 3.05) is 0 Å². The molecule has 0 bridgehead atoms. The number of unbranched alkanes of at least 4 members (excludes halogenated alkanes) is 4. The monoisotopic (exact) mass is 192 g/mol. The molecule has 0 spiro atoms. The molecule has 0 aliphatic heterocycles. The maximum atomic E-state index is 3.67. The molecule has 0 N–H and O–H groups in total. The van der Waals surface area contributed by atoms with E-state index in [1.807, 2.05) is 6.08 Å². The first-order valence-corrected chi connectivity index (χ1v) is 5.82. The first-order chi connectivity index (χ1) is 6.91. The zero-order chi connectivity index (χ0) is 10.5. The maximum absolute atomic E-state index is 3.67. The Bertz CT molecular complexity index is 163. The van der Waals surface area contributed by atoms with Crippen LogP contribution in [0.4, 0.5) is 0 Å². The van der Waals surface area contributed by atoms with Crippen molar-refractivity contribution in [1.29, 1.82) is 0 Å². The maximum Gasteiger partial charge on any atom is -0.0172 e. The van der Waals surface area contributed by atoms with Gasteiger partial charge in [-0.05, 0) is 32.1 Å². The van der Waals surface area contributed by atoms with E-state index in [1.54, 1.807) is 0 Å². The molecule has 0 heterocycles. The summed E-state index contributed by atoms with van der Waals surface area (Å²) in [6, 6.07) is 0. The Labute approximate surface area is 89.4 Å². The number of rotatable bonds is 9. The van der Waals surface area contributed by atoms with E-state index < -0.39 is 0 Å². The fraction of sp³-hybridized carbons (Fsp3) is 0.571. The fourth-order valence-corrected chi connectivity index (χ4v) is 1.22. The van der Waals surface area contributed by atoms with Crippen molar-refractivity contribution < 1.29 is 0 Å². The molecule has 0 amide bonds. The molecule has 0 rings (SSSR count). The molecule has 0 atom stereocenters. The van der Waals surface area contributed by atoms with Gasteiger partial charge in [0.25, 0.3) is 0 Å². The lowest BCUT2D eigenvalue weighted by molar-refractivity contribution is 0.805. The van der Waals surface area contributed by atoms with Gasteiger partial charge in [0.05, 0.1) is 0 Å². The molecule has 0 saturated carbocycles. The van der Waals surface area contributed by atoms with E-state index in [0.717, 1.165) is 6.42 Å². The van der Waals surface area contributed by atoms with Crippen LogP contribution in [0.15, 0.2) is 37.0 Å². The normalized spacial score (nSPS) is 11.5. The Balaban J connectivity index is 3.12. The summed E-state index contributed by atoms with van der Waals surface area (Å²) in [4.78, 5) is 0. The summed E-state index contributed by atoms with van der Waals surface area (Å²) >= 11 is 0. The Kier molecular flexibility index (Phi) is 11.5. The zero-order valence-corrected chi connectivity index (χ0v) is 9.54. The third-order valence-corrected chi connectivity index (χ3v) is 2.10. The summed E-state index contributed by atoms with van der Waals surface area (Å²) in [6.07, 6.45) is 19.6. The fourth-order valence-electron chi connectivity index (χ4n) is 1.22. The van der Waals surface area contributed by atoms with Crippen LogP contribution in [0, 0.1) is 0 Å². The molecule has 0 unspecified atom stereocenters. The molecule has 0 aromatic carbocycles. The van der Waals surface area contributed by atoms with Gasteiger partial charge >= 0.3 is 0 Å². The molecule has 0 radical (unpaired) electrons. The van der Waals surface area contributed by atoms with Crippen LogP contribution in [0.25, 0.3) is 0 Å². The lowest BCUT2D eigenvalue weighted by Crippen LogP contribution is -1.71. The van der Waals surface area contributed by atoms with Gasteiger partial charge in [-0.1, -0.05) is 50.1 Å². The smallest absolute Gasteiger partial charge is 0.0172 e. The SMILES string of the molecule is C=CCC=CCCCC=CCCCC. The summed E-state index contributed by atoms with van der Waals surface area (Å²) in [5.74, 6) is 0. The van der Waals surface area contributed by atoms with E-state index >= 15 is 0 Å². The topological polar surface area (TPSA) is 0 Å². The average molecular weight is 192 g/mol. The minimum atomic E-state index is 1.01. The highest BCUT2D eigenvalue weighted by atomic mass is 13.9. The van der Waals surface area contributed by atoms with Crippen molar-refractivity contribution in [2.45, 2.75) is 51.9 Å². The molecule has 0 nitrogen and oxygen atoms in total. The standard InChI is InChI=1S/C14H24/c1-3-5-7-9-11-13-14-12-10-8-6-4-2/h3,7,9-10,12H,1,4-6,8,11,13-14H2,2H3. The van der Waals surface area contributed by atoms with E-state index in [-0.39, 0.29) is 0 Å². The van der Waals surface area contributed by atoms with Gasteiger partial charge < -0.3 is 0 Å². The van der Waals surface area contributed by atoms with E-state index in [0.29, 0.717) is 0 Å². The summed E-state index contributed by atoms with van der Waals surface area (Å²) in [5, 5.41) is 0. The highest BCUT2D eigenvalue weighted by Gasteiger charge is 1.81. The van der Waals surface area contributed by atoms with E-state index in [1.165, 1.54) is 38.5 Å². The van der Waals surface area contributed by atoms with E-state index in [4.69, 9.17) is 0 Å². The lowest BCUT2D eigenvalue weighted by Gasteiger charge is -1.91. The van der Waals surface area contributed by atoms with E-state index in [2.05, 4.69) is 37.8 Å². The Morgan fingerprint density at radius 1 is 0.857 bits per heavy atom. The van der Waals surface area contributed by atoms with Crippen molar-refractivity contribution in [2.24, 2.45) is 0 Å². The van der Waals surface area contributed by atoms with Crippen molar-refractivity contribution in [1.82, 2.24) is 0 Å². The summed E-state index contributed by atoms with van der Waals surface area (Å²) in [7, 11) is 0. The molecule has 0 heteroatoms. The predicted molar refractivity (Wildman–Crippen MR) is 66.5 cm³/mol. The molecule has 0 aliphatic rings. The molecule has 0 aromatic rings. The van der Waals surface area contributed by atoms with Crippen LogP contribution < -0.4 is 0 Å². The largest absolute Gasteiger partial charge is 0.103 e. The molecule has 0 aromatic heterocycles. The van der Waals surface area contributed by atoms with Crippen LogP contribution in [-0.2, 0) is 0 Å². The second-order valence-electron chi connectivity index (χ2n) is 3.54. The van der Waals surface area contributed by atoms with Crippen molar-refractivity contribution >= 4 is 0 Å². The zero-order valence-electron chi connectivity index (χ0n) is 9.54. The van der Waals surface area contributed by atoms with Crippen molar-refractivity contribution in [3.8, 4) is 0 Å². The summed E-state index contributed by atoms with van der Waals surface area (Å²) in [6.45, 7) is 5.91. The third kappa shape index (κ3) is 11.2. The Morgan fingerprint density at radius 2 is 1.43 bits per heavy atom. The highest BCUT2D eigenvalue weighted by Crippen LogP contribution is 2.01. The van der Waals surface area contributed by atoms with Gasteiger partial charge in [0, 0.05) is 0 Å². The third-order valence-electron chi connectivity index (χ3n) is 2.10. The molecule has 0 fully saturated rings. The average Bonchev–Trinajstić information content (AvgIpc) is 2.21. The first-order valence-electron chi connectivity index (χ1n) is 5.82. The summed E-state index contributed by atoms with van der Waals surface area (Å²) < 4.78 is 0. The molecule has 0 saturated heterocycles. The van der Waals surface area contributed by atoms with Crippen LogP contribution in [0.1, 0.15) is 51.9 Å². The molecule has 0 aliphatic carbocycles. The number of hydrogen-bond donors (Lipinski definition) is 0. The minimum Gasteiger partial charge on any atom is -0.103 e. The molecular formula is C14H24. The Morgan fingerprint density at radius 3 is 2.00 bits per heavy atom. The second kappa shape index (κ2) is 12.2. The van der Waals surface area contributed by atoms with Gasteiger partial charge in [-0.3, -0.25) is 0 Å². The number of allylic oxidation sites excluding steroid dienone is 5. The lowest BCUT2D eigenvalue weighted by atomic mass is 10.2. The quantitative estimate of drug-likeness (QED) is 0.355. The van der Waals surface area contributed by atoms with Crippen LogP contribution in [0.5, 0.6) is 0 Å². The van der Waals surface area contributed by atoms with Gasteiger partial charge in [0.1, 0.15) is 0 Å². The Hall–Kier alpha value is -0.780. The summed E-state index contributed by atoms with van der Waals surface area (Å²) in [5.41, 5.74) is 0. The number of hydrogen-bond acceptors (Lipinski definition) is 0. The van der Waals surface area contributed by atoms with Crippen LogP contribution in [0.2, 0.25) is 0 Å². The minimum absolute atomic E-state index is 1.01. The van der Waals surface area contributed by atoms with Gasteiger partial charge in [-0.2, -0.15) is 0 Å². The first kappa shape index (κ1) is 13.2. The van der Waals surface area contributed by atoms with E-state index in [9.17, 15) is 0 Å². The predicted octanol–water partition coefficient (Wildman–Crippen LogP) is 5.04. The van der Waals surface area contributed by atoms with Crippen LogP contribution in [0.3, 0.4) is 0 Å². The van der Waals surface area contributed by atoms with Crippen LogP contribution in [-0.4, -0.2) is 0 Å².